The number of carbonyl (C=O) groups is 1. The SMILES string of the molecule is CNc1ccnc(C(=O)NC2CCCCC2O)c1. The van der Waals surface area contributed by atoms with Crippen LogP contribution in [-0.2, 0) is 0 Å². The van der Waals surface area contributed by atoms with Crippen molar-refractivity contribution in [3.63, 3.8) is 0 Å². The summed E-state index contributed by atoms with van der Waals surface area (Å²) >= 11 is 0. The quantitative estimate of drug-likeness (QED) is 0.751. The van der Waals surface area contributed by atoms with E-state index >= 15 is 0 Å². The Labute approximate surface area is 107 Å². The third-order valence-electron chi connectivity index (χ3n) is 3.33. The van der Waals surface area contributed by atoms with Crippen LogP contribution in [0.3, 0.4) is 0 Å². The molecule has 3 N–H and O–H groups in total. The molecule has 0 spiro atoms. The highest BCUT2D eigenvalue weighted by atomic mass is 16.3. The predicted octanol–water partition coefficient (Wildman–Crippen LogP) is 1.16. The van der Waals surface area contributed by atoms with E-state index in [1.165, 1.54) is 0 Å². The fourth-order valence-electron chi connectivity index (χ4n) is 2.23. The van der Waals surface area contributed by atoms with E-state index in [1.54, 1.807) is 25.4 Å². The lowest BCUT2D eigenvalue weighted by Crippen LogP contribution is -2.45. The fourth-order valence-corrected chi connectivity index (χ4v) is 2.23. The van der Waals surface area contributed by atoms with Crippen LogP contribution in [0.15, 0.2) is 18.3 Å². The molecular formula is C13H19N3O2. The molecule has 0 radical (unpaired) electrons. The number of pyridine rings is 1. The predicted molar refractivity (Wildman–Crippen MR) is 69.5 cm³/mol. The number of hydrogen-bond acceptors (Lipinski definition) is 4. The average molecular weight is 249 g/mol. The molecule has 1 aromatic rings. The van der Waals surface area contributed by atoms with Crippen LogP contribution in [-0.4, -0.2) is 35.2 Å². The molecule has 0 aromatic carbocycles. The summed E-state index contributed by atoms with van der Waals surface area (Å²) in [5.74, 6) is -0.224. The lowest BCUT2D eigenvalue weighted by Gasteiger charge is -2.28. The van der Waals surface area contributed by atoms with Gasteiger partial charge in [-0.05, 0) is 25.0 Å². The molecule has 2 unspecified atom stereocenters. The third kappa shape index (κ3) is 2.98. The molecule has 1 heterocycles. The zero-order valence-electron chi connectivity index (χ0n) is 10.5. The maximum absolute atomic E-state index is 12.0. The van der Waals surface area contributed by atoms with E-state index in [0.29, 0.717) is 5.69 Å². The molecule has 1 saturated carbocycles. The van der Waals surface area contributed by atoms with Crippen molar-refractivity contribution in [3.05, 3.63) is 24.0 Å². The van der Waals surface area contributed by atoms with Crippen molar-refractivity contribution in [1.82, 2.24) is 10.3 Å². The minimum Gasteiger partial charge on any atom is -0.391 e. The van der Waals surface area contributed by atoms with Crippen LogP contribution in [0.1, 0.15) is 36.2 Å². The monoisotopic (exact) mass is 249 g/mol. The molecule has 18 heavy (non-hydrogen) atoms. The van der Waals surface area contributed by atoms with Crippen molar-refractivity contribution >= 4 is 11.6 Å². The molecule has 2 rings (SSSR count). The molecule has 1 aliphatic carbocycles. The van der Waals surface area contributed by atoms with Gasteiger partial charge in [0.1, 0.15) is 5.69 Å². The van der Waals surface area contributed by atoms with Crippen LogP contribution in [0.2, 0.25) is 0 Å². The molecule has 5 nitrogen and oxygen atoms in total. The lowest BCUT2D eigenvalue weighted by atomic mass is 9.92. The van der Waals surface area contributed by atoms with Crippen LogP contribution in [0.25, 0.3) is 0 Å². The van der Waals surface area contributed by atoms with Crippen molar-refractivity contribution in [2.75, 3.05) is 12.4 Å². The topological polar surface area (TPSA) is 74.2 Å². The second-order valence-electron chi connectivity index (χ2n) is 4.61. The van der Waals surface area contributed by atoms with Gasteiger partial charge >= 0.3 is 0 Å². The van der Waals surface area contributed by atoms with Crippen molar-refractivity contribution in [2.24, 2.45) is 0 Å². The van der Waals surface area contributed by atoms with Crippen molar-refractivity contribution < 1.29 is 9.90 Å². The van der Waals surface area contributed by atoms with Crippen LogP contribution in [0, 0.1) is 0 Å². The van der Waals surface area contributed by atoms with E-state index in [9.17, 15) is 9.90 Å². The molecule has 5 heteroatoms. The normalized spacial score (nSPS) is 23.4. The van der Waals surface area contributed by atoms with E-state index in [1.807, 2.05) is 0 Å². The van der Waals surface area contributed by atoms with Gasteiger partial charge in [0.2, 0.25) is 0 Å². The van der Waals surface area contributed by atoms with E-state index in [4.69, 9.17) is 0 Å². The maximum Gasteiger partial charge on any atom is 0.270 e. The van der Waals surface area contributed by atoms with Gasteiger partial charge in [-0.3, -0.25) is 9.78 Å². The van der Waals surface area contributed by atoms with Crippen LogP contribution in [0.4, 0.5) is 5.69 Å². The number of carbonyl (C=O) groups excluding carboxylic acids is 1. The standard InChI is InChI=1S/C13H19N3O2/c1-14-9-6-7-15-11(8-9)13(18)16-10-4-2-3-5-12(10)17/h6-8,10,12,17H,2-5H2,1H3,(H,14,15)(H,16,18). The molecule has 1 fully saturated rings. The smallest absolute Gasteiger partial charge is 0.270 e. The van der Waals surface area contributed by atoms with Gasteiger partial charge < -0.3 is 15.7 Å². The minimum atomic E-state index is -0.435. The Morgan fingerprint density at radius 1 is 1.44 bits per heavy atom. The highest BCUT2D eigenvalue weighted by Crippen LogP contribution is 2.18. The summed E-state index contributed by atoms with van der Waals surface area (Å²) in [5.41, 5.74) is 1.22. The van der Waals surface area contributed by atoms with Crippen molar-refractivity contribution in [3.8, 4) is 0 Å². The van der Waals surface area contributed by atoms with Gasteiger partial charge in [0.25, 0.3) is 5.91 Å². The maximum atomic E-state index is 12.0. The number of aliphatic hydroxyl groups excluding tert-OH is 1. The Balaban J connectivity index is 2.02. The number of amides is 1. The van der Waals surface area contributed by atoms with Crippen molar-refractivity contribution in [2.45, 2.75) is 37.8 Å². The van der Waals surface area contributed by atoms with E-state index in [2.05, 4.69) is 15.6 Å². The minimum absolute atomic E-state index is 0.147. The molecule has 0 bridgehead atoms. The second kappa shape index (κ2) is 5.82. The first-order chi connectivity index (χ1) is 8.70. The van der Waals surface area contributed by atoms with Crippen molar-refractivity contribution in [1.29, 1.82) is 0 Å². The number of rotatable bonds is 3. The molecule has 98 valence electrons. The van der Waals surface area contributed by atoms with Gasteiger partial charge in [0, 0.05) is 18.9 Å². The lowest BCUT2D eigenvalue weighted by molar-refractivity contribution is 0.0714. The zero-order chi connectivity index (χ0) is 13.0. The summed E-state index contributed by atoms with van der Waals surface area (Å²) in [6.45, 7) is 0. The Kier molecular flexibility index (Phi) is 4.15. The third-order valence-corrected chi connectivity index (χ3v) is 3.33. The van der Waals surface area contributed by atoms with Gasteiger partial charge in [-0.15, -0.1) is 0 Å². The number of nitrogens with one attached hydrogen (secondary N) is 2. The van der Waals surface area contributed by atoms with E-state index in [0.717, 1.165) is 31.4 Å². The average Bonchev–Trinajstić information content (AvgIpc) is 2.41. The summed E-state index contributed by atoms with van der Waals surface area (Å²) in [4.78, 5) is 16.1. The number of hydrogen-bond donors (Lipinski definition) is 3. The highest BCUT2D eigenvalue weighted by Gasteiger charge is 2.25. The highest BCUT2D eigenvalue weighted by molar-refractivity contribution is 5.93. The summed E-state index contributed by atoms with van der Waals surface area (Å²) < 4.78 is 0. The zero-order valence-corrected chi connectivity index (χ0v) is 10.5. The van der Waals surface area contributed by atoms with Crippen LogP contribution >= 0.6 is 0 Å². The summed E-state index contributed by atoms with van der Waals surface area (Å²) in [5, 5.41) is 15.6. The summed E-state index contributed by atoms with van der Waals surface area (Å²) in [6.07, 6.45) is 4.83. The second-order valence-corrected chi connectivity index (χ2v) is 4.61. The molecule has 2 atom stereocenters. The summed E-state index contributed by atoms with van der Waals surface area (Å²) in [6, 6.07) is 3.35. The number of aliphatic hydroxyl groups is 1. The van der Waals surface area contributed by atoms with E-state index in [-0.39, 0.29) is 11.9 Å². The van der Waals surface area contributed by atoms with Crippen LogP contribution < -0.4 is 10.6 Å². The van der Waals surface area contributed by atoms with Gasteiger partial charge in [0.05, 0.1) is 12.1 Å². The van der Waals surface area contributed by atoms with Crippen LogP contribution in [0.5, 0.6) is 0 Å². The van der Waals surface area contributed by atoms with Gasteiger partial charge in [-0.2, -0.15) is 0 Å². The molecule has 0 saturated heterocycles. The molecule has 1 aromatic heterocycles. The molecule has 1 aliphatic rings. The number of anilines is 1. The largest absolute Gasteiger partial charge is 0.391 e. The molecule has 0 aliphatic heterocycles. The first-order valence-corrected chi connectivity index (χ1v) is 6.33. The van der Waals surface area contributed by atoms with E-state index < -0.39 is 6.10 Å². The summed E-state index contributed by atoms with van der Waals surface area (Å²) in [7, 11) is 1.79. The first-order valence-electron chi connectivity index (χ1n) is 6.33. The Hall–Kier alpha value is -1.62. The van der Waals surface area contributed by atoms with Gasteiger partial charge in [0.15, 0.2) is 0 Å². The Morgan fingerprint density at radius 2 is 2.22 bits per heavy atom. The number of nitrogens with zero attached hydrogens (tertiary/aromatic N) is 1. The molecule has 1 amide bonds. The molecular weight excluding hydrogens is 230 g/mol. The number of aromatic nitrogens is 1. The Bertz CT molecular complexity index is 422. The first kappa shape index (κ1) is 12.8. The van der Waals surface area contributed by atoms with Gasteiger partial charge in [-0.1, -0.05) is 12.8 Å². The Morgan fingerprint density at radius 3 is 2.94 bits per heavy atom. The fraction of sp³-hybridized carbons (Fsp3) is 0.538. The van der Waals surface area contributed by atoms with Gasteiger partial charge in [-0.25, -0.2) is 0 Å².